The molecule has 0 aromatic heterocycles. The Morgan fingerprint density at radius 3 is 2.76 bits per heavy atom. The number of aliphatic hydroxyl groups excluding tert-OH is 1. The number of ether oxygens (including phenoxy) is 1. The van der Waals surface area contributed by atoms with Gasteiger partial charge in [0, 0.05) is 43.0 Å². The highest BCUT2D eigenvalue weighted by Gasteiger charge is 2.52. The van der Waals surface area contributed by atoms with E-state index in [9.17, 15) is 14.7 Å². The Kier molecular flexibility index (Phi) is 6.96. The van der Waals surface area contributed by atoms with E-state index in [0.717, 1.165) is 38.0 Å². The summed E-state index contributed by atoms with van der Waals surface area (Å²) in [6, 6.07) is 16.7. The van der Waals surface area contributed by atoms with Crippen LogP contribution in [-0.4, -0.2) is 53.7 Å². The zero-order chi connectivity index (χ0) is 23.4. The van der Waals surface area contributed by atoms with Gasteiger partial charge in [0.2, 0.25) is 0 Å². The highest BCUT2D eigenvalue weighted by atomic mass is 16.5. The molecule has 1 aliphatic carbocycles. The Hall–Kier alpha value is -2.96. The van der Waals surface area contributed by atoms with Crippen molar-refractivity contribution in [3.05, 3.63) is 78.4 Å². The van der Waals surface area contributed by atoms with Gasteiger partial charge in [-0.2, -0.15) is 0 Å². The molecular formula is C27H32N2O4. The molecule has 1 heterocycles. The minimum absolute atomic E-state index is 0.00338. The van der Waals surface area contributed by atoms with Gasteiger partial charge >= 0.3 is 5.97 Å². The molecule has 4 rings (SSSR count). The van der Waals surface area contributed by atoms with E-state index in [4.69, 9.17) is 4.74 Å². The maximum atomic E-state index is 12.9. The largest absolute Gasteiger partial charge is 0.427 e. The molecule has 0 bridgehead atoms. The van der Waals surface area contributed by atoms with Crippen molar-refractivity contribution in [2.45, 2.75) is 43.7 Å². The van der Waals surface area contributed by atoms with Crippen molar-refractivity contribution in [2.24, 2.45) is 5.92 Å². The first-order valence-corrected chi connectivity index (χ1v) is 11.6. The van der Waals surface area contributed by atoms with Crippen molar-refractivity contribution < 1.29 is 19.4 Å². The average Bonchev–Trinajstić information content (AvgIpc) is 2.80. The average molecular weight is 449 g/mol. The van der Waals surface area contributed by atoms with Crippen LogP contribution in [0.15, 0.2) is 67.3 Å². The first-order valence-electron chi connectivity index (χ1n) is 11.6. The van der Waals surface area contributed by atoms with Crippen LogP contribution in [0.5, 0.6) is 5.75 Å². The Morgan fingerprint density at radius 2 is 2.03 bits per heavy atom. The van der Waals surface area contributed by atoms with Crippen LogP contribution in [0.25, 0.3) is 0 Å². The van der Waals surface area contributed by atoms with Gasteiger partial charge in [0.05, 0.1) is 6.10 Å². The summed E-state index contributed by atoms with van der Waals surface area (Å²) in [5, 5.41) is 14.5. The van der Waals surface area contributed by atoms with Crippen LogP contribution in [0.3, 0.4) is 0 Å². The van der Waals surface area contributed by atoms with Crippen molar-refractivity contribution in [1.29, 1.82) is 0 Å². The number of amides is 1. The van der Waals surface area contributed by atoms with Gasteiger partial charge in [0.1, 0.15) is 5.75 Å². The lowest BCUT2D eigenvalue weighted by Gasteiger charge is -2.54. The summed E-state index contributed by atoms with van der Waals surface area (Å²) in [4.78, 5) is 26.7. The summed E-state index contributed by atoms with van der Waals surface area (Å²) < 4.78 is 5.36. The zero-order valence-corrected chi connectivity index (χ0v) is 19.1. The summed E-state index contributed by atoms with van der Waals surface area (Å²) in [7, 11) is 0. The van der Waals surface area contributed by atoms with Gasteiger partial charge in [-0.15, -0.1) is 6.58 Å². The molecule has 4 atom stereocenters. The number of rotatable bonds is 6. The number of aliphatic hydroxyl groups is 1. The molecule has 1 saturated heterocycles. The lowest BCUT2D eigenvalue weighted by Crippen LogP contribution is -2.61. The minimum Gasteiger partial charge on any atom is -0.427 e. The van der Waals surface area contributed by atoms with E-state index >= 15 is 0 Å². The Morgan fingerprint density at radius 1 is 1.24 bits per heavy atom. The van der Waals surface area contributed by atoms with E-state index in [1.54, 1.807) is 18.2 Å². The number of nitrogens with one attached hydrogen (secondary N) is 1. The first kappa shape index (κ1) is 23.2. The molecule has 1 aliphatic heterocycles. The summed E-state index contributed by atoms with van der Waals surface area (Å²) >= 11 is 0. The lowest BCUT2D eigenvalue weighted by atomic mass is 9.57. The molecule has 2 fully saturated rings. The number of esters is 1. The van der Waals surface area contributed by atoms with Crippen LogP contribution in [0.4, 0.5) is 0 Å². The normalized spacial score (nSPS) is 27.3. The van der Waals surface area contributed by atoms with Gasteiger partial charge < -0.3 is 15.2 Å². The van der Waals surface area contributed by atoms with Gasteiger partial charge in [-0.3, -0.25) is 14.5 Å². The summed E-state index contributed by atoms with van der Waals surface area (Å²) in [5.74, 6) is 0.0214. The molecule has 1 saturated carbocycles. The fourth-order valence-corrected chi connectivity index (χ4v) is 5.64. The van der Waals surface area contributed by atoms with Crippen LogP contribution < -0.4 is 10.1 Å². The number of nitrogens with zero attached hydrogens (tertiary/aromatic N) is 1. The van der Waals surface area contributed by atoms with Crippen LogP contribution >= 0.6 is 0 Å². The number of benzene rings is 2. The topological polar surface area (TPSA) is 78.9 Å². The van der Waals surface area contributed by atoms with E-state index in [1.807, 2.05) is 36.4 Å². The minimum atomic E-state index is -0.565. The number of likely N-dealkylation sites (tertiary alicyclic amines) is 1. The molecule has 2 aliphatic rings. The molecule has 2 aromatic carbocycles. The molecule has 4 unspecified atom stereocenters. The fourth-order valence-electron chi connectivity index (χ4n) is 5.64. The monoisotopic (exact) mass is 448 g/mol. The van der Waals surface area contributed by atoms with Gasteiger partial charge in [-0.25, -0.2) is 0 Å². The maximum Gasteiger partial charge on any atom is 0.308 e. The standard InChI is InChI=1S/C27H32N2O4/c1-3-13-29-14-12-27(21-10-7-11-23(15-21)33-19(2)30)17-22(16-25(31)24(27)18-29)28-26(32)20-8-5-4-6-9-20/h3-11,15,22,24-25,31H,1,12-14,16-18H2,2H3,(H,28,32). The van der Waals surface area contributed by atoms with Gasteiger partial charge in [-0.05, 0) is 55.6 Å². The molecule has 1 amide bonds. The van der Waals surface area contributed by atoms with Crippen molar-refractivity contribution in [3.63, 3.8) is 0 Å². The van der Waals surface area contributed by atoms with Crippen molar-refractivity contribution in [2.75, 3.05) is 19.6 Å². The number of carbonyl (C=O) groups is 2. The Balaban J connectivity index is 1.65. The maximum absolute atomic E-state index is 12.9. The molecular weight excluding hydrogens is 416 g/mol. The molecule has 0 radical (unpaired) electrons. The van der Waals surface area contributed by atoms with Crippen molar-refractivity contribution >= 4 is 11.9 Å². The smallest absolute Gasteiger partial charge is 0.308 e. The molecule has 2 N–H and O–H groups in total. The molecule has 33 heavy (non-hydrogen) atoms. The second-order valence-electron chi connectivity index (χ2n) is 9.23. The summed E-state index contributed by atoms with van der Waals surface area (Å²) in [5.41, 5.74) is 1.32. The number of hydrogen-bond donors (Lipinski definition) is 2. The molecule has 6 heteroatoms. The van der Waals surface area contributed by atoms with Gasteiger partial charge in [0.25, 0.3) is 5.91 Å². The third-order valence-corrected chi connectivity index (χ3v) is 7.07. The fraction of sp³-hybridized carbons (Fsp3) is 0.407. The number of carbonyl (C=O) groups excluding carboxylic acids is 2. The summed E-state index contributed by atoms with van der Waals surface area (Å²) in [6.07, 6.45) is 3.40. The van der Waals surface area contributed by atoms with E-state index < -0.39 is 6.10 Å². The Labute approximate surface area is 195 Å². The second-order valence-corrected chi connectivity index (χ2v) is 9.23. The van der Waals surface area contributed by atoms with E-state index in [1.165, 1.54) is 6.92 Å². The second kappa shape index (κ2) is 9.89. The van der Waals surface area contributed by atoms with Crippen LogP contribution in [0.2, 0.25) is 0 Å². The summed E-state index contributed by atoms with van der Waals surface area (Å²) in [6.45, 7) is 7.66. The lowest BCUT2D eigenvalue weighted by molar-refractivity contribution is -0.131. The zero-order valence-electron chi connectivity index (χ0n) is 19.1. The molecule has 174 valence electrons. The Bertz CT molecular complexity index is 1010. The van der Waals surface area contributed by atoms with Crippen molar-refractivity contribution in [1.82, 2.24) is 10.2 Å². The quantitative estimate of drug-likeness (QED) is 0.403. The van der Waals surface area contributed by atoms with Crippen molar-refractivity contribution in [3.8, 4) is 5.75 Å². The SMILES string of the molecule is C=CCN1CCC2(c3cccc(OC(C)=O)c3)CC(NC(=O)c3ccccc3)CC(O)C2C1. The van der Waals surface area contributed by atoms with E-state index in [0.29, 0.717) is 17.7 Å². The molecule has 0 spiro atoms. The first-order chi connectivity index (χ1) is 15.9. The third-order valence-electron chi connectivity index (χ3n) is 7.07. The highest BCUT2D eigenvalue weighted by Crippen LogP contribution is 2.49. The highest BCUT2D eigenvalue weighted by molar-refractivity contribution is 5.94. The van der Waals surface area contributed by atoms with Crippen LogP contribution in [0.1, 0.15) is 42.1 Å². The number of hydrogen-bond acceptors (Lipinski definition) is 5. The van der Waals surface area contributed by atoms with Gasteiger partial charge in [0.15, 0.2) is 0 Å². The van der Waals surface area contributed by atoms with Crippen LogP contribution in [0, 0.1) is 5.92 Å². The predicted octanol–water partition coefficient (Wildman–Crippen LogP) is 3.31. The van der Waals surface area contributed by atoms with Gasteiger partial charge in [-0.1, -0.05) is 36.4 Å². The molecule has 2 aromatic rings. The molecule has 6 nitrogen and oxygen atoms in total. The number of piperidine rings is 1. The van der Waals surface area contributed by atoms with E-state index in [-0.39, 0.29) is 29.3 Å². The van der Waals surface area contributed by atoms with Crippen LogP contribution in [-0.2, 0) is 10.2 Å². The predicted molar refractivity (Wildman–Crippen MR) is 127 cm³/mol. The van der Waals surface area contributed by atoms with E-state index in [2.05, 4.69) is 22.9 Å². The third kappa shape index (κ3) is 5.02. The number of fused-ring (bicyclic) bond motifs is 1.